The lowest BCUT2D eigenvalue weighted by Crippen LogP contribution is -2.27. The SMILES string of the molecule is COc1ccc(Br)cc1NCC(C(=O)O)C(C)C. The van der Waals surface area contributed by atoms with Crippen molar-refractivity contribution in [2.24, 2.45) is 11.8 Å². The molecule has 1 atom stereocenters. The molecule has 1 aromatic carbocycles. The number of carbonyl (C=O) groups is 1. The second kappa shape index (κ2) is 6.64. The zero-order valence-electron chi connectivity index (χ0n) is 10.7. The molecule has 0 aliphatic carbocycles. The summed E-state index contributed by atoms with van der Waals surface area (Å²) in [6.45, 7) is 4.18. The van der Waals surface area contributed by atoms with Crippen LogP contribution in [-0.2, 0) is 4.79 Å². The largest absolute Gasteiger partial charge is 0.495 e. The molecule has 0 spiro atoms. The molecule has 0 radical (unpaired) electrons. The molecule has 0 saturated carbocycles. The maximum Gasteiger partial charge on any atom is 0.308 e. The Kier molecular flexibility index (Phi) is 5.47. The second-order valence-electron chi connectivity index (χ2n) is 4.41. The molecule has 5 heteroatoms. The van der Waals surface area contributed by atoms with Crippen LogP contribution < -0.4 is 10.1 Å². The van der Waals surface area contributed by atoms with Gasteiger partial charge in [0.15, 0.2) is 0 Å². The minimum absolute atomic E-state index is 0.0770. The van der Waals surface area contributed by atoms with Gasteiger partial charge >= 0.3 is 5.97 Å². The van der Waals surface area contributed by atoms with E-state index >= 15 is 0 Å². The minimum atomic E-state index is -0.786. The van der Waals surface area contributed by atoms with Gasteiger partial charge in [-0.25, -0.2) is 0 Å². The minimum Gasteiger partial charge on any atom is -0.495 e. The first-order valence-corrected chi connectivity index (χ1v) is 6.55. The van der Waals surface area contributed by atoms with Gasteiger partial charge in [0, 0.05) is 11.0 Å². The van der Waals surface area contributed by atoms with Crippen LogP contribution in [0.15, 0.2) is 22.7 Å². The summed E-state index contributed by atoms with van der Waals surface area (Å²) in [6, 6.07) is 5.58. The predicted molar refractivity (Wildman–Crippen MR) is 75.1 cm³/mol. The summed E-state index contributed by atoms with van der Waals surface area (Å²) in [7, 11) is 1.59. The van der Waals surface area contributed by atoms with E-state index in [1.165, 1.54) is 0 Å². The summed E-state index contributed by atoms with van der Waals surface area (Å²) < 4.78 is 6.14. The summed E-state index contributed by atoms with van der Waals surface area (Å²) >= 11 is 3.38. The maximum absolute atomic E-state index is 11.1. The number of halogens is 1. The third-order valence-corrected chi connectivity index (χ3v) is 3.29. The first-order chi connectivity index (χ1) is 8.45. The van der Waals surface area contributed by atoms with Crippen molar-refractivity contribution in [1.82, 2.24) is 0 Å². The lowest BCUT2D eigenvalue weighted by molar-refractivity contribution is -0.142. The van der Waals surface area contributed by atoms with E-state index in [0.29, 0.717) is 12.3 Å². The van der Waals surface area contributed by atoms with Crippen LogP contribution in [0.25, 0.3) is 0 Å². The van der Waals surface area contributed by atoms with Crippen LogP contribution in [0, 0.1) is 11.8 Å². The Bertz CT molecular complexity index is 421. The van der Waals surface area contributed by atoms with Crippen LogP contribution in [0.1, 0.15) is 13.8 Å². The predicted octanol–water partition coefficient (Wildman–Crippen LogP) is 3.23. The van der Waals surface area contributed by atoms with Crippen molar-refractivity contribution in [3.8, 4) is 5.75 Å². The van der Waals surface area contributed by atoms with Crippen LogP contribution in [0.2, 0.25) is 0 Å². The first kappa shape index (κ1) is 14.8. The summed E-state index contributed by atoms with van der Waals surface area (Å²) in [5.74, 6) is -0.431. The Hall–Kier alpha value is -1.23. The fourth-order valence-corrected chi connectivity index (χ4v) is 2.01. The number of carboxylic acids is 1. The molecular formula is C13H18BrNO3. The molecule has 1 rings (SSSR count). The number of ether oxygens (including phenoxy) is 1. The molecule has 4 nitrogen and oxygen atoms in total. The van der Waals surface area contributed by atoms with Crippen molar-refractivity contribution >= 4 is 27.6 Å². The van der Waals surface area contributed by atoms with Gasteiger partial charge in [-0.1, -0.05) is 29.8 Å². The fourth-order valence-electron chi connectivity index (χ4n) is 1.65. The molecule has 0 aliphatic rings. The number of aliphatic carboxylic acids is 1. The second-order valence-corrected chi connectivity index (χ2v) is 5.33. The molecule has 0 bridgehead atoms. The van der Waals surface area contributed by atoms with E-state index in [2.05, 4.69) is 21.2 Å². The lowest BCUT2D eigenvalue weighted by atomic mass is 9.96. The van der Waals surface area contributed by atoms with Gasteiger partial charge in [-0.05, 0) is 24.1 Å². The molecule has 1 unspecified atom stereocenters. The van der Waals surface area contributed by atoms with Gasteiger partial charge in [-0.3, -0.25) is 4.79 Å². The molecular weight excluding hydrogens is 298 g/mol. The Morgan fingerprint density at radius 2 is 2.17 bits per heavy atom. The van der Waals surface area contributed by atoms with Crippen LogP contribution in [0.4, 0.5) is 5.69 Å². The summed E-state index contributed by atoms with van der Waals surface area (Å²) in [5.41, 5.74) is 0.791. The normalized spacial score (nSPS) is 12.3. The van der Waals surface area contributed by atoms with E-state index in [1.54, 1.807) is 7.11 Å². The average Bonchev–Trinajstić information content (AvgIpc) is 2.28. The van der Waals surface area contributed by atoms with Crippen LogP contribution in [-0.4, -0.2) is 24.7 Å². The third-order valence-electron chi connectivity index (χ3n) is 2.80. The molecule has 0 fully saturated rings. The highest BCUT2D eigenvalue weighted by molar-refractivity contribution is 9.10. The van der Waals surface area contributed by atoms with Crippen LogP contribution in [0.5, 0.6) is 5.75 Å². The molecule has 18 heavy (non-hydrogen) atoms. The summed E-state index contributed by atoms with van der Waals surface area (Å²) in [6.07, 6.45) is 0. The molecule has 0 aliphatic heterocycles. The van der Waals surface area contributed by atoms with E-state index in [-0.39, 0.29) is 5.92 Å². The van der Waals surface area contributed by atoms with Crippen LogP contribution >= 0.6 is 15.9 Å². The van der Waals surface area contributed by atoms with Gasteiger partial charge in [0.25, 0.3) is 0 Å². The van der Waals surface area contributed by atoms with Gasteiger partial charge in [-0.15, -0.1) is 0 Å². The quantitative estimate of drug-likeness (QED) is 0.846. The van der Waals surface area contributed by atoms with Crippen LogP contribution in [0.3, 0.4) is 0 Å². The lowest BCUT2D eigenvalue weighted by Gasteiger charge is -2.18. The van der Waals surface area contributed by atoms with Gasteiger partial charge in [-0.2, -0.15) is 0 Å². The van der Waals surface area contributed by atoms with Crippen molar-refractivity contribution in [2.45, 2.75) is 13.8 Å². The number of nitrogens with one attached hydrogen (secondary N) is 1. The Morgan fingerprint density at radius 3 is 2.67 bits per heavy atom. The highest BCUT2D eigenvalue weighted by atomic mass is 79.9. The Balaban J connectivity index is 2.78. The highest BCUT2D eigenvalue weighted by Crippen LogP contribution is 2.28. The maximum atomic E-state index is 11.1. The molecule has 0 heterocycles. The monoisotopic (exact) mass is 315 g/mol. The molecule has 0 amide bonds. The molecule has 0 saturated heterocycles. The number of anilines is 1. The van der Waals surface area contributed by atoms with E-state index in [1.807, 2.05) is 32.0 Å². The van der Waals surface area contributed by atoms with Crippen molar-refractivity contribution < 1.29 is 14.6 Å². The molecule has 100 valence electrons. The van der Waals surface area contributed by atoms with Crippen molar-refractivity contribution in [1.29, 1.82) is 0 Å². The Labute approximate surface area is 115 Å². The van der Waals surface area contributed by atoms with Gasteiger partial charge < -0.3 is 15.2 Å². The average molecular weight is 316 g/mol. The molecule has 2 N–H and O–H groups in total. The number of methoxy groups -OCH3 is 1. The molecule has 1 aromatic rings. The topological polar surface area (TPSA) is 58.6 Å². The van der Waals surface area contributed by atoms with Crippen molar-refractivity contribution in [2.75, 3.05) is 19.0 Å². The zero-order chi connectivity index (χ0) is 13.7. The fraction of sp³-hybridized carbons (Fsp3) is 0.462. The van der Waals surface area contributed by atoms with E-state index in [0.717, 1.165) is 10.2 Å². The highest BCUT2D eigenvalue weighted by Gasteiger charge is 2.21. The number of hydrogen-bond donors (Lipinski definition) is 2. The first-order valence-electron chi connectivity index (χ1n) is 5.76. The third kappa shape index (κ3) is 3.91. The summed E-state index contributed by atoms with van der Waals surface area (Å²) in [5, 5.41) is 12.3. The standard InChI is InChI=1S/C13H18BrNO3/c1-8(2)10(13(16)17)7-15-11-6-9(14)4-5-12(11)18-3/h4-6,8,10,15H,7H2,1-3H3,(H,16,17). The number of hydrogen-bond acceptors (Lipinski definition) is 3. The van der Waals surface area contributed by atoms with E-state index in [9.17, 15) is 4.79 Å². The summed E-state index contributed by atoms with van der Waals surface area (Å²) in [4.78, 5) is 11.1. The number of carboxylic acid groups (broad SMARTS) is 1. The van der Waals surface area contributed by atoms with Gasteiger partial charge in [0.1, 0.15) is 5.75 Å². The van der Waals surface area contributed by atoms with Gasteiger partial charge in [0.05, 0.1) is 18.7 Å². The smallest absolute Gasteiger partial charge is 0.308 e. The zero-order valence-corrected chi connectivity index (χ0v) is 12.3. The van der Waals surface area contributed by atoms with Gasteiger partial charge in [0.2, 0.25) is 0 Å². The number of rotatable bonds is 6. The van der Waals surface area contributed by atoms with Crippen molar-refractivity contribution in [3.05, 3.63) is 22.7 Å². The number of benzene rings is 1. The van der Waals surface area contributed by atoms with E-state index < -0.39 is 11.9 Å². The van der Waals surface area contributed by atoms with E-state index in [4.69, 9.17) is 9.84 Å². The Morgan fingerprint density at radius 1 is 1.50 bits per heavy atom. The van der Waals surface area contributed by atoms with Crippen molar-refractivity contribution in [3.63, 3.8) is 0 Å². The molecule has 0 aromatic heterocycles.